The van der Waals surface area contributed by atoms with Crippen molar-refractivity contribution in [1.29, 1.82) is 0 Å². The van der Waals surface area contributed by atoms with Crippen LogP contribution >= 0.6 is 0 Å². The molecule has 1 aliphatic heterocycles. The van der Waals surface area contributed by atoms with E-state index in [0.29, 0.717) is 19.1 Å². The van der Waals surface area contributed by atoms with Gasteiger partial charge in [-0.15, -0.1) is 0 Å². The number of carbonyl (C=O) groups is 1. The first kappa shape index (κ1) is 13.4. The van der Waals surface area contributed by atoms with Crippen LogP contribution in [0.3, 0.4) is 0 Å². The quantitative estimate of drug-likeness (QED) is 0.654. The molecule has 16 heavy (non-hydrogen) atoms. The second-order valence-corrected chi connectivity index (χ2v) is 4.84. The Morgan fingerprint density at radius 3 is 2.75 bits per heavy atom. The Labute approximate surface area is 98.0 Å². The molecule has 1 amide bonds. The average molecular weight is 228 g/mol. The first-order valence-electron chi connectivity index (χ1n) is 5.95. The van der Waals surface area contributed by atoms with Gasteiger partial charge in [0.25, 0.3) is 0 Å². The first-order valence-corrected chi connectivity index (χ1v) is 5.95. The van der Waals surface area contributed by atoms with E-state index in [-0.39, 0.29) is 11.9 Å². The number of nitrogens with two attached hydrogens (primary N) is 1. The molecule has 0 saturated carbocycles. The van der Waals surface area contributed by atoms with Crippen LogP contribution in [0.25, 0.3) is 0 Å². The van der Waals surface area contributed by atoms with Crippen LogP contribution in [-0.4, -0.2) is 67.6 Å². The van der Waals surface area contributed by atoms with Gasteiger partial charge in [-0.2, -0.15) is 0 Å². The van der Waals surface area contributed by atoms with Crippen molar-refractivity contribution >= 4 is 5.91 Å². The molecule has 0 radical (unpaired) electrons. The Kier molecular flexibility index (Phi) is 5.18. The highest BCUT2D eigenvalue weighted by atomic mass is 16.2. The molecule has 0 bridgehead atoms. The monoisotopic (exact) mass is 228 g/mol. The lowest BCUT2D eigenvalue weighted by atomic mass is 10.1. The van der Waals surface area contributed by atoms with Crippen LogP contribution in [0.2, 0.25) is 0 Å². The van der Waals surface area contributed by atoms with Crippen LogP contribution in [0.4, 0.5) is 0 Å². The van der Waals surface area contributed by atoms with Gasteiger partial charge in [0, 0.05) is 38.3 Å². The first-order chi connectivity index (χ1) is 7.52. The van der Waals surface area contributed by atoms with Gasteiger partial charge in [0.2, 0.25) is 5.91 Å². The summed E-state index contributed by atoms with van der Waals surface area (Å²) < 4.78 is 0. The van der Waals surface area contributed by atoms with Crippen LogP contribution in [0, 0.1) is 0 Å². The number of nitrogens with one attached hydrogen (secondary N) is 1. The summed E-state index contributed by atoms with van der Waals surface area (Å²) in [5, 5.41) is 2.91. The van der Waals surface area contributed by atoms with E-state index in [1.165, 1.54) is 0 Å². The van der Waals surface area contributed by atoms with Crippen LogP contribution in [0.1, 0.15) is 13.8 Å². The predicted octanol–water partition coefficient (Wildman–Crippen LogP) is -0.914. The fourth-order valence-electron chi connectivity index (χ4n) is 2.03. The van der Waals surface area contributed by atoms with Gasteiger partial charge in [0.15, 0.2) is 0 Å². The zero-order valence-electron chi connectivity index (χ0n) is 10.6. The standard InChI is InChI=1S/C11H24N4O/c1-9(2)13-11(16)8-15-5-4-14(3)7-10(15)6-12/h9-10H,4-8,12H2,1-3H3,(H,13,16). The van der Waals surface area contributed by atoms with Crippen molar-refractivity contribution in [1.82, 2.24) is 15.1 Å². The predicted molar refractivity (Wildman–Crippen MR) is 65.2 cm³/mol. The molecule has 0 aliphatic carbocycles. The van der Waals surface area contributed by atoms with Crippen molar-refractivity contribution in [2.24, 2.45) is 5.73 Å². The van der Waals surface area contributed by atoms with Crippen LogP contribution in [0.5, 0.6) is 0 Å². The summed E-state index contributed by atoms with van der Waals surface area (Å²) in [6.45, 7) is 7.90. The number of hydrogen-bond acceptors (Lipinski definition) is 4. The molecule has 5 heteroatoms. The highest BCUT2D eigenvalue weighted by Crippen LogP contribution is 2.06. The minimum Gasteiger partial charge on any atom is -0.353 e. The molecule has 3 N–H and O–H groups in total. The molecule has 5 nitrogen and oxygen atoms in total. The van der Waals surface area contributed by atoms with E-state index < -0.39 is 0 Å². The third kappa shape index (κ3) is 4.08. The summed E-state index contributed by atoms with van der Waals surface area (Å²) in [4.78, 5) is 16.1. The Morgan fingerprint density at radius 2 is 2.19 bits per heavy atom. The topological polar surface area (TPSA) is 61.6 Å². The van der Waals surface area contributed by atoms with Crippen molar-refractivity contribution in [3.05, 3.63) is 0 Å². The van der Waals surface area contributed by atoms with E-state index in [2.05, 4.69) is 22.2 Å². The maximum absolute atomic E-state index is 11.7. The highest BCUT2D eigenvalue weighted by Gasteiger charge is 2.25. The minimum absolute atomic E-state index is 0.0954. The number of hydrogen-bond donors (Lipinski definition) is 2. The van der Waals surface area contributed by atoms with Crippen molar-refractivity contribution in [3.63, 3.8) is 0 Å². The normalized spacial score (nSPS) is 23.7. The van der Waals surface area contributed by atoms with E-state index in [0.717, 1.165) is 19.6 Å². The molecule has 0 aromatic carbocycles. The fourth-order valence-corrected chi connectivity index (χ4v) is 2.03. The van der Waals surface area contributed by atoms with Gasteiger partial charge in [-0.05, 0) is 20.9 Å². The maximum Gasteiger partial charge on any atom is 0.234 e. The van der Waals surface area contributed by atoms with Crippen LogP contribution in [0.15, 0.2) is 0 Å². The molecule has 1 heterocycles. The Hall–Kier alpha value is -0.650. The SMILES string of the molecule is CC(C)NC(=O)CN1CCN(C)CC1CN. The second kappa shape index (κ2) is 6.18. The van der Waals surface area contributed by atoms with Gasteiger partial charge < -0.3 is 16.0 Å². The van der Waals surface area contributed by atoms with Crippen molar-refractivity contribution in [2.75, 3.05) is 39.8 Å². The second-order valence-electron chi connectivity index (χ2n) is 4.84. The van der Waals surface area contributed by atoms with Gasteiger partial charge in [-0.1, -0.05) is 0 Å². The lowest BCUT2D eigenvalue weighted by Gasteiger charge is -2.39. The number of rotatable bonds is 4. The van der Waals surface area contributed by atoms with Crippen molar-refractivity contribution in [2.45, 2.75) is 25.9 Å². The summed E-state index contributed by atoms with van der Waals surface area (Å²) in [6.07, 6.45) is 0. The molecular formula is C11H24N4O. The lowest BCUT2D eigenvalue weighted by Crippen LogP contribution is -2.57. The molecule has 0 spiro atoms. The third-order valence-corrected chi connectivity index (χ3v) is 2.88. The lowest BCUT2D eigenvalue weighted by molar-refractivity contribution is -0.123. The molecule has 1 fully saturated rings. The van der Waals surface area contributed by atoms with Crippen molar-refractivity contribution in [3.8, 4) is 0 Å². The van der Waals surface area contributed by atoms with E-state index in [4.69, 9.17) is 5.73 Å². The number of carbonyl (C=O) groups excluding carboxylic acids is 1. The minimum atomic E-state index is 0.0954. The van der Waals surface area contributed by atoms with Crippen molar-refractivity contribution < 1.29 is 4.79 Å². The highest BCUT2D eigenvalue weighted by molar-refractivity contribution is 5.78. The zero-order chi connectivity index (χ0) is 12.1. The summed E-state index contributed by atoms with van der Waals surface area (Å²) in [5.41, 5.74) is 5.73. The molecule has 1 aliphatic rings. The van der Waals surface area contributed by atoms with E-state index in [1.54, 1.807) is 0 Å². The van der Waals surface area contributed by atoms with Crippen LogP contribution < -0.4 is 11.1 Å². The van der Waals surface area contributed by atoms with E-state index in [1.807, 2.05) is 13.8 Å². The molecule has 1 saturated heterocycles. The Bertz CT molecular complexity index is 232. The summed E-state index contributed by atoms with van der Waals surface area (Å²) in [5.74, 6) is 0.0954. The summed E-state index contributed by atoms with van der Waals surface area (Å²) in [6, 6.07) is 0.507. The number of nitrogens with zero attached hydrogens (tertiary/aromatic N) is 2. The Balaban J connectivity index is 2.42. The van der Waals surface area contributed by atoms with Gasteiger partial charge in [-0.3, -0.25) is 9.69 Å². The summed E-state index contributed by atoms with van der Waals surface area (Å²) in [7, 11) is 2.09. The molecule has 0 aromatic rings. The third-order valence-electron chi connectivity index (χ3n) is 2.88. The van der Waals surface area contributed by atoms with Gasteiger partial charge >= 0.3 is 0 Å². The zero-order valence-corrected chi connectivity index (χ0v) is 10.6. The molecule has 1 atom stereocenters. The van der Waals surface area contributed by atoms with Gasteiger partial charge in [-0.25, -0.2) is 0 Å². The fraction of sp³-hybridized carbons (Fsp3) is 0.909. The largest absolute Gasteiger partial charge is 0.353 e. The number of piperazine rings is 1. The summed E-state index contributed by atoms with van der Waals surface area (Å²) >= 11 is 0. The molecule has 0 aromatic heterocycles. The molecule has 1 unspecified atom stereocenters. The number of amides is 1. The Morgan fingerprint density at radius 1 is 1.50 bits per heavy atom. The van der Waals surface area contributed by atoms with E-state index >= 15 is 0 Å². The van der Waals surface area contributed by atoms with Gasteiger partial charge in [0.05, 0.1) is 6.54 Å². The molecule has 1 rings (SSSR count). The number of likely N-dealkylation sites (N-methyl/N-ethyl adjacent to an activating group) is 1. The van der Waals surface area contributed by atoms with Gasteiger partial charge in [0.1, 0.15) is 0 Å². The van der Waals surface area contributed by atoms with E-state index in [9.17, 15) is 4.79 Å². The molecule has 94 valence electrons. The van der Waals surface area contributed by atoms with Crippen LogP contribution in [-0.2, 0) is 4.79 Å². The average Bonchev–Trinajstić information content (AvgIpc) is 2.19. The smallest absolute Gasteiger partial charge is 0.234 e. The molecular weight excluding hydrogens is 204 g/mol. The maximum atomic E-state index is 11.7.